The molecule has 0 saturated heterocycles. The SMILES string of the molecule is CC(C)(C)c1ccc2c(c1)Cc1cc(C(C)(C)C)ccc1-2.[Zr]. The molecule has 1 aliphatic carbocycles. The molecule has 0 amide bonds. The van der Waals surface area contributed by atoms with Crippen LogP contribution in [0.1, 0.15) is 63.8 Å². The van der Waals surface area contributed by atoms with Crippen LogP contribution in [0, 0.1) is 0 Å². The molecule has 1 aliphatic rings. The summed E-state index contributed by atoms with van der Waals surface area (Å²) in [5, 5.41) is 0. The van der Waals surface area contributed by atoms with Crippen molar-refractivity contribution in [1.82, 2.24) is 0 Å². The molecule has 114 valence electrons. The van der Waals surface area contributed by atoms with Crippen LogP contribution in [0.2, 0.25) is 0 Å². The maximum Gasteiger partial charge on any atom is 0 e. The third-order valence-corrected chi connectivity index (χ3v) is 4.61. The van der Waals surface area contributed by atoms with E-state index in [-0.39, 0.29) is 37.0 Å². The molecule has 2 aromatic carbocycles. The minimum absolute atomic E-state index is 0. The van der Waals surface area contributed by atoms with E-state index in [1.807, 2.05) is 0 Å². The van der Waals surface area contributed by atoms with E-state index >= 15 is 0 Å². The van der Waals surface area contributed by atoms with Crippen molar-refractivity contribution in [2.24, 2.45) is 0 Å². The van der Waals surface area contributed by atoms with Crippen molar-refractivity contribution in [2.75, 3.05) is 0 Å². The standard InChI is InChI=1S/C21H26.Zr/c1-20(2,3)16-7-9-18-14(12-16)11-15-13-17(21(4,5)6)8-10-19(15)18;/h7-10,12-13H,11H2,1-6H3;. The molecule has 22 heavy (non-hydrogen) atoms. The van der Waals surface area contributed by atoms with Gasteiger partial charge < -0.3 is 0 Å². The van der Waals surface area contributed by atoms with Crippen LogP contribution in [-0.4, -0.2) is 0 Å². The Morgan fingerprint density at radius 2 is 1.00 bits per heavy atom. The Bertz CT molecular complexity index is 635. The van der Waals surface area contributed by atoms with E-state index in [4.69, 9.17) is 0 Å². The summed E-state index contributed by atoms with van der Waals surface area (Å²) >= 11 is 0. The summed E-state index contributed by atoms with van der Waals surface area (Å²) < 4.78 is 0. The molecule has 0 fully saturated rings. The summed E-state index contributed by atoms with van der Waals surface area (Å²) in [5.41, 5.74) is 9.15. The molecule has 0 bridgehead atoms. The van der Waals surface area contributed by atoms with Gasteiger partial charge in [-0.3, -0.25) is 0 Å². The van der Waals surface area contributed by atoms with E-state index in [1.54, 1.807) is 0 Å². The van der Waals surface area contributed by atoms with Crippen molar-refractivity contribution in [3.8, 4) is 11.1 Å². The second kappa shape index (κ2) is 5.75. The van der Waals surface area contributed by atoms with E-state index in [9.17, 15) is 0 Å². The fraction of sp³-hybridized carbons (Fsp3) is 0.429. The van der Waals surface area contributed by atoms with Crippen molar-refractivity contribution in [3.05, 3.63) is 58.7 Å². The molecule has 0 aromatic heterocycles. The van der Waals surface area contributed by atoms with E-state index in [0.29, 0.717) is 0 Å². The molecule has 0 radical (unpaired) electrons. The number of fused-ring (bicyclic) bond motifs is 3. The van der Waals surface area contributed by atoms with Gasteiger partial charge >= 0.3 is 0 Å². The van der Waals surface area contributed by atoms with Crippen LogP contribution in [0.4, 0.5) is 0 Å². The van der Waals surface area contributed by atoms with Gasteiger partial charge in [0.1, 0.15) is 0 Å². The molecule has 0 spiro atoms. The van der Waals surface area contributed by atoms with Crippen LogP contribution in [-0.2, 0) is 43.5 Å². The molecule has 2 aromatic rings. The second-order valence-corrected chi connectivity index (χ2v) is 8.42. The predicted octanol–water partition coefficient (Wildman–Crippen LogP) is 5.85. The summed E-state index contributed by atoms with van der Waals surface area (Å²) in [6, 6.07) is 14.0. The molecule has 0 unspecified atom stereocenters. The molecule has 0 heterocycles. The topological polar surface area (TPSA) is 0 Å². The Morgan fingerprint density at radius 3 is 1.32 bits per heavy atom. The summed E-state index contributed by atoms with van der Waals surface area (Å²) in [6.07, 6.45) is 1.08. The molecule has 3 rings (SSSR count). The van der Waals surface area contributed by atoms with Crippen LogP contribution in [0.15, 0.2) is 36.4 Å². The molecule has 0 N–H and O–H groups in total. The van der Waals surface area contributed by atoms with Gasteiger partial charge in [-0.1, -0.05) is 77.9 Å². The van der Waals surface area contributed by atoms with Gasteiger partial charge in [-0.25, -0.2) is 0 Å². The third-order valence-electron chi connectivity index (χ3n) is 4.61. The first-order valence-electron chi connectivity index (χ1n) is 7.93. The molecular weight excluding hydrogens is 343 g/mol. The van der Waals surface area contributed by atoms with E-state index in [2.05, 4.69) is 77.9 Å². The Hall–Kier alpha value is -0.677. The summed E-state index contributed by atoms with van der Waals surface area (Å²) in [5.74, 6) is 0. The van der Waals surface area contributed by atoms with Gasteiger partial charge in [-0.05, 0) is 50.6 Å². The number of hydrogen-bond donors (Lipinski definition) is 0. The van der Waals surface area contributed by atoms with Gasteiger partial charge in [-0.15, -0.1) is 0 Å². The van der Waals surface area contributed by atoms with Crippen LogP contribution in [0.5, 0.6) is 0 Å². The molecule has 0 aliphatic heterocycles. The van der Waals surface area contributed by atoms with Crippen molar-refractivity contribution >= 4 is 0 Å². The molecule has 0 atom stereocenters. The minimum Gasteiger partial charge on any atom is -0.0579 e. The summed E-state index contributed by atoms with van der Waals surface area (Å²) in [7, 11) is 0. The average Bonchev–Trinajstić information content (AvgIpc) is 2.73. The van der Waals surface area contributed by atoms with Crippen LogP contribution in [0.3, 0.4) is 0 Å². The largest absolute Gasteiger partial charge is 0.0579 e. The Morgan fingerprint density at radius 1 is 0.636 bits per heavy atom. The van der Waals surface area contributed by atoms with Gasteiger partial charge in [0.25, 0.3) is 0 Å². The number of rotatable bonds is 0. The zero-order chi connectivity index (χ0) is 15.4. The fourth-order valence-electron chi connectivity index (χ4n) is 3.14. The average molecular weight is 370 g/mol. The van der Waals surface area contributed by atoms with Crippen molar-refractivity contribution in [3.63, 3.8) is 0 Å². The monoisotopic (exact) mass is 368 g/mol. The molecule has 0 nitrogen and oxygen atoms in total. The third kappa shape index (κ3) is 3.16. The van der Waals surface area contributed by atoms with Gasteiger partial charge in [0.2, 0.25) is 0 Å². The Kier molecular flexibility index (Phi) is 4.62. The first-order valence-corrected chi connectivity index (χ1v) is 7.93. The van der Waals surface area contributed by atoms with Crippen LogP contribution >= 0.6 is 0 Å². The van der Waals surface area contributed by atoms with E-state index < -0.39 is 0 Å². The first-order chi connectivity index (χ1) is 9.66. The first kappa shape index (κ1) is 17.7. The van der Waals surface area contributed by atoms with Gasteiger partial charge in [0.05, 0.1) is 0 Å². The molecule has 0 saturated carbocycles. The van der Waals surface area contributed by atoms with Gasteiger partial charge in [0, 0.05) is 26.2 Å². The molecule has 1 heteroatoms. The van der Waals surface area contributed by atoms with Crippen molar-refractivity contribution in [1.29, 1.82) is 0 Å². The summed E-state index contributed by atoms with van der Waals surface area (Å²) in [6.45, 7) is 13.7. The fourth-order valence-corrected chi connectivity index (χ4v) is 3.14. The van der Waals surface area contributed by atoms with Crippen molar-refractivity contribution in [2.45, 2.75) is 58.8 Å². The normalized spacial score (nSPS) is 13.4. The summed E-state index contributed by atoms with van der Waals surface area (Å²) in [4.78, 5) is 0. The van der Waals surface area contributed by atoms with Gasteiger partial charge in [-0.2, -0.15) is 0 Å². The van der Waals surface area contributed by atoms with Gasteiger partial charge in [0.15, 0.2) is 0 Å². The maximum atomic E-state index is 2.41. The van der Waals surface area contributed by atoms with Crippen LogP contribution < -0.4 is 0 Å². The minimum atomic E-state index is 0. The Balaban J connectivity index is 0.00000176. The van der Waals surface area contributed by atoms with Crippen LogP contribution in [0.25, 0.3) is 11.1 Å². The second-order valence-electron chi connectivity index (χ2n) is 8.42. The quantitative estimate of drug-likeness (QED) is 0.466. The Labute approximate surface area is 154 Å². The maximum absolute atomic E-state index is 2.41. The number of hydrogen-bond acceptors (Lipinski definition) is 0. The molecular formula is C21H26Zr. The predicted molar refractivity (Wildman–Crippen MR) is 92.1 cm³/mol. The van der Waals surface area contributed by atoms with Crippen molar-refractivity contribution < 1.29 is 26.2 Å². The zero-order valence-electron chi connectivity index (χ0n) is 14.7. The zero-order valence-corrected chi connectivity index (χ0v) is 17.1. The number of benzene rings is 2. The van der Waals surface area contributed by atoms with E-state index in [1.165, 1.54) is 33.4 Å². The van der Waals surface area contributed by atoms with E-state index in [0.717, 1.165) is 6.42 Å². The smallest absolute Gasteiger partial charge is 0 e.